The molecular formula is C29H37N7O2. The van der Waals surface area contributed by atoms with Crippen molar-refractivity contribution in [3.05, 3.63) is 59.7 Å². The number of amides is 1. The highest BCUT2D eigenvalue weighted by atomic mass is 16.5. The van der Waals surface area contributed by atoms with Crippen LogP contribution in [0.25, 0.3) is 22.2 Å². The molecule has 1 amide bonds. The summed E-state index contributed by atoms with van der Waals surface area (Å²) in [6.07, 6.45) is 9.67. The predicted octanol–water partition coefficient (Wildman–Crippen LogP) is 4.56. The molecule has 3 aromatic heterocycles. The fourth-order valence-corrected chi connectivity index (χ4v) is 5.30. The molecule has 1 saturated carbocycles. The summed E-state index contributed by atoms with van der Waals surface area (Å²) in [4.78, 5) is 17.3. The molecule has 0 spiro atoms. The van der Waals surface area contributed by atoms with E-state index in [-0.39, 0.29) is 24.1 Å². The third-order valence-electron chi connectivity index (χ3n) is 7.22. The molecule has 0 unspecified atom stereocenters. The van der Waals surface area contributed by atoms with Gasteiger partial charge in [-0.15, -0.1) is 0 Å². The number of nitrogens with one attached hydrogen (secondary N) is 2. The SMILES string of the molecule is CNCc1cc2c(cn1)c(-c1cnn(C)c1)nn2[C@H]1CC[C@@H](Oc2cccc(C(=O)NC(C)C)c2C)CC1. The molecule has 2 N–H and O–H groups in total. The van der Waals surface area contributed by atoms with Crippen LogP contribution < -0.4 is 15.4 Å². The van der Waals surface area contributed by atoms with E-state index in [9.17, 15) is 4.79 Å². The van der Waals surface area contributed by atoms with Gasteiger partial charge in [0.05, 0.1) is 29.6 Å². The Bertz CT molecular complexity index is 1430. The van der Waals surface area contributed by atoms with Gasteiger partial charge in [0.2, 0.25) is 0 Å². The Morgan fingerprint density at radius 1 is 1.18 bits per heavy atom. The molecule has 0 saturated heterocycles. The molecule has 1 aromatic carbocycles. The van der Waals surface area contributed by atoms with Gasteiger partial charge in [-0.1, -0.05) is 6.07 Å². The van der Waals surface area contributed by atoms with E-state index in [1.807, 2.05) is 71.7 Å². The van der Waals surface area contributed by atoms with Crippen LogP contribution in [-0.2, 0) is 13.6 Å². The summed E-state index contributed by atoms with van der Waals surface area (Å²) in [5, 5.41) is 16.7. The Labute approximate surface area is 223 Å². The van der Waals surface area contributed by atoms with E-state index in [4.69, 9.17) is 9.84 Å². The van der Waals surface area contributed by atoms with Crippen molar-refractivity contribution in [2.45, 2.75) is 71.2 Å². The van der Waals surface area contributed by atoms with Gasteiger partial charge in [0.1, 0.15) is 11.4 Å². The second kappa shape index (κ2) is 10.9. The molecule has 0 bridgehead atoms. The number of aryl methyl sites for hydroxylation is 1. The number of pyridine rings is 1. The first-order valence-electron chi connectivity index (χ1n) is 13.4. The average molecular weight is 516 g/mol. The second-order valence-electron chi connectivity index (χ2n) is 10.5. The summed E-state index contributed by atoms with van der Waals surface area (Å²) in [6, 6.07) is 8.23. The Hall–Kier alpha value is -3.72. The maximum Gasteiger partial charge on any atom is 0.251 e. The smallest absolute Gasteiger partial charge is 0.251 e. The van der Waals surface area contributed by atoms with Crippen LogP contribution in [0.2, 0.25) is 0 Å². The number of aromatic nitrogens is 5. The van der Waals surface area contributed by atoms with Crippen LogP contribution in [0, 0.1) is 6.92 Å². The quantitative estimate of drug-likeness (QED) is 0.357. The molecule has 4 aromatic rings. The highest BCUT2D eigenvalue weighted by Gasteiger charge is 2.27. The first-order valence-corrected chi connectivity index (χ1v) is 13.4. The molecular weight excluding hydrogens is 478 g/mol. The predicted molar refractivity (Wildman–Crippen MR) is 148 cm³/mol. The van der Waals surface area contributed by atoms with E-state index in [0.29, 0.717) is 12.1 Å². The molecule has 0 aliphatic heterocycles. The van der Waals surface area contributed by atoms with Gasteiger partial charge in [-0.2, -0.15) is 10.2 Å². The molecule has 38 heavy (non-hydrogen) atoms. The number of hydrogen-bond acceptors (Lipinski definition) is 6. The first-order chi connectivity index (χ1) is 18.3. The first kappa shape index (κ1) is 25.9. The van der Waals surface area contributed by atoms with Crippen LogP contribution in [0.1, 0.15) is 67.2 Å². The zero-order valence-electron chi connectivity index (χ0n) is 22.9. The third kappa shape index (κ3) is 5.29. The zero-order valence-corrected chi connectivity index (χ0v) is 22.9. The third-order valence-corrected chi connectivity index (χ3v) is 7.22. The van der Waals surface area contributed by atoms with Crippen molar-refractivity contribution in [2.75, 3.05) is 7.05 Å². The molecule has 9 heteroatoms. The van der Waals surface area contributed by atoms with E-state index >= 15 is 0 Å². The molecule has 1 aliphatic rings. The molecule has 0 radical (unpaired) electrons. The molecule has 5 rings (SSSR count). The van der Waals surface area contributed by atoms with Crippen molar-refractivity contribution in [1.82, 2.24) is 35.2 Å². The summed E-state index contributed by atoms with van der Waals surface area (Å²) in [7, 11) is 3.85. The van der Waals surface area contributed by atoms with Gasteiger partial charge in [-0.3, -0.25) is 19.1 Å². The van der Waals surface area contributed by atoms with Crippen LogP contribution in [0.4, 0.5) is 0 Å². The summed E-state index contributed by atoms with van der Waals surface area (Å²) in [5.74, 6) is 0.727. The van der Waals surface area contributed by atoms with Crippen LogP contribution in [0.15, 0.2) is 42.9 Å². The molecule has 1 aliphatic carbocycles. The number of nitrogens with zero attached hydrogens (tertiary/aromatic N) is 5. The maximum atomic E-state index is 12.6. The van der Waals surface area contributed by atoms with Gasteiger partial charge < -0.3 is 15.4 Å². The summed E-state index contributed by atoms with van der Waals surface area (Å²) < 4.78 is 10.4. The van der Waals surface area contributed by atoms with Crippen molar-refractivity contribution in [3.63, 3.8) is 0 Å². The lowest BCUT2D eigenvalue weighted by molar-refractivity contribution is 0.0940. The topological polar surface area (TPSA) is 98.9 Å². The highest BCUT2D eigenvalue weighted by molar-refractivity contribution is 5.96. The number of benzene rings is 1. The minimum Gasteiger partial charge on any atom is -0.490 e. The molecule has 3 heterocycles. The number of hydrogen-bond donors (Lipinski definition) is 2. The van der Waals surface area contributed by atoms with Gasteiger partial charge in [-0.05, 0) is 71.7 Å². The Morgan fingerprint density at radius 2 is 1.97 bits per heavy atom. The van der Waals surface area contributed by atoms with Crippen LogP contribution in [0.3, 0.4) is 0 Å². The minimum absolute atomic E-state index is 0.0613. The van der Waals surface area contributed by atoms with Gasteiger partial charge in [0, 0.05) is 54.1 Å². The second-order valence-corrected chi connectivity index (χ2v) is 10.5. The Morgan fingerprint density at radius 3 is 2.66 bits per heavy atom. The van der Waals surface area contributed by atoms with Crippen molar-refractivity contribution in [1.29, 1.82) is 0 Å². The fourth-order valence-electron chi connectivity index (χ4n) is 5.30. The minimum atomic E-state index is -0.0613. The largest absolute Gasteiger partial charge is 0.490 e. The van der Waals surface area contributed by atoms with Crippen molar-refractivity contribution in [2.24, 2.45) is 7.05 Å². The van der Waals surface area contributed by atoms with Gasteiger partial charge in [0.15, 0.2) is 0 Å². The zero-order chi connectivity index (χ0) is 26.8. The molecule has 200 valence electrons. The standard InChI is InChI=1S/C29H37N7O2/c1-18(2)33-29(37)24-7-6-8-27(19(24)3)38-23-11-9-22(10-12-23)36-26-13-21(15-30-4)31-16-25(26)28(34-36)20-14-32-35(5)17-20/h6-8,13-14,16-18,22-23,30H,9-12,15H2,1-5H3,(H,33,37)/t22-,23+. The maximum absolute atomic E-state index is 12.6. The van der Waals surface area contributed by atoms with Gasteiger partial charge >= 0.3 is 0 Å². The van der Waals surface area contributed by atoms with Crippen molar-refractivity contribution >= 4 is 16.8 Å². The van der Waals surface area contributed by atoms with Crippen LogP contribution >= 0.6 is 0 Å². The lowest BCUT2D eigenvalue weighted by atomic mass is 9.92. The summed E-state index contributed by atoms with van der Waals surface area (Å²) in [6.45, 7) is 6.60. The number of rotatable bonds is 8. The van der Waals surface area contributed by atoms with Crippen molar-refractivity contribution in [3.8, 4) is 17.0 Å². The lowest BCUT2D eigenvalue weighted by Crippen LogP contribution is -2.31. The Kier molecular flexibility index (Phi) is 7.46. The number of carbonyl (C=O) groups excluding carboxylic acids is 1. The fraction of sp³-hybridized carbons (Fsp3) is 0.448. The number of ether oxygens (including phenoxy) is 1. The van der Waals surface area contributed by atoms with Crippen molar-refractivity contribution < 1.29 is 9.53 Å². The highest BCUT2D eigenvalue weighted by Crippen LogP contribution is 2.36. The normalized spacial score (nSPS) is 17.7. The van der Waals surface area contributed by atoms with E-state index in [2.05, 4.69) is 31.5 Å². The lowest BCUT2D eigenvalue weighted by Gasteiger charge is -2.30. The number of carbonyl (C=O) groups is 1. The summed E-state index contributed by atoms with van der Waals surface area (Å²) >= 11 is 0. The van der Waals surface area contributed by atoms with E-state index in [0.717, 1.165) is 64.9 Å². The van der Waals surface area contributed by atoms with E-state index in [1.54, 1.807) is 4.68 Å². The van der Waals surface area contributed by atoms with Gasteiger partial charge in [0.25, 0.3) is 5.91 Å². The molecule has 0 atom stereocenters. The van der Waals surface area contributed by atoms with E-state index in [1.165, 1.54) is 0 Å². The monoisotopic (exact) mass is 515 g/mol. The van der Waals surface area contributed by atoms with Crippen LogP contribution in [0.5, 0.6) is 5.75 Å². The molecule has 9 nitrogen and oxygen atoms in total. The average Bonchev–Trinajstić information content (AvgIpc) is 3.49. The Balaban J connectivity index is 1.35. The van der Waals surface area contributed by atoms with E-state index < -0.39 is 0 Å². The van der Waals surface area contributed by atoms with Gasteiger partial charge in [-0.25, -0.2) is 0 Å². The van der Waals surface area contributed by atoms with Crippen LogP contribution in [-0.4, -0.2) is 49.6 Å². The summed E-state index contributed by atoms with van der Waals surface area (Å²) in [5.41, 5.74) is 5.56. The molecule has 1 fully saturated rings. The number of fused-ring (bicyclic) bond motifs is 1.